The third-order valence-electron chi connectivity index (χ3n) is 2.72. The average Bonchev–Trinajstić information content (AvgIpc) is 2.33. The lowest BCUT2D eigenvalue weighted by Crippen LogP contribution is -2.29. The van der Waals surface area contributed by atoms with Crippen molar-refractivity contribution in [3.05, 3.63) is 33.8 Å². The van der Waals surface area contributed by atoms with E-state index in [2.05, 4.69) is 40.4 Å². The molecule has 2 nitrogen and oxygen atoms in total. The van der Waals surface area contributed by atoms with Crippen LogP contribution in [0.25, 0.3) is 0 Å². The fourth-order valence-corrected chi connectivity index (χ4v) is 2.06. The van der Waals surface area contributed by atoms with Crippen molar-refractivity contribution in [2.24, 2.45) is 5.92 Å². The molecule has 114 valence electrons. The normalized spacial score (nSPS) is 12.2. The van der Waals surface area contributed by atoms with Crippen molar-refractivity contribution in [2.75, 3.05) is 19.6 Å². The first-order valence-electron chi connectivity index (χ1n) is 6.57. The monoisotopic (exact) mass is 352 g/mol. The zero-order valence-electron chi connectivity index (χ0n) is 11.6. The minimum absolute atomic E-state index is 0.411. The molecule has 0 unspecified atom stereocenters. The molecule has 0 bridgehead atoms. The summed E-state index contributed by atoms with van der Waals surface area (Å²) >= 11 is 3.28. The number of alkyl halides is 3. The van der Waals surface area contributed by atoms with E-state index in [0.717, 1.165) is 25.7 Å². The van der Waals surface area contributed by atoms with E-state index in [1.54, 1.807) is 0 Å². The van der Waals surface area contributed by atoms with Crippen LogP contribution in [-0.2, 0) is 12.7 Å². The average molecular weight is 353 g/mol. The Labute approximate surface area is 126 Å². The van der Waals surface area contributed by atoms with E-state index in [0.29, 0.717) is 22.5 Å². The van der Waals surface area contributed by atoms with Crippen LogP contribution in [0.2, 0.25) is 0 Å². The molecule has 0 aliphatic rings. The highest BCUT2D eigenvalue weighted by molar-refractivity contribution is 9.10. The van der Waals surface area contributed by atoms with E-state index in [-0.39, 0.29) is 0 Å². The maximum atomic E-state index is 12.6. The third kappa shape index (κ3) is 6.24. The fourth-order valence-electron chi connectivity index (χ4n) is 1.68. The molecule has 0 aliphatic heterocycles. The quantitative estimate of drug-likeness (QED) is 0.729. The minimum Gasteiger partial charge on any atom is -0.315 e. The first-order chi connectivity index (χ1) is 9.30. The highest BCUT2D eigenvalue weighted by atomic mass is 79.9. The van der Waals surface area contributed by atoms with Crippen LogP contribution in [0.3, 0.4) is 0 Å². The number of hydrogen-bond acceptors (Lipinski definition) is 2. The van der Waals surface area contributed by atoms with Gasteiger partial charge in [0.15, 0.2) is 0 Å². The lowest BCUT2D eigenvalue weighted by atomic mass is 10.1. The predicted octanol–water partition coefficient (Wildman–Crippen LogP) is 3.80. The van der Waals surface area contributed by atoms with E-state index in [9.17, 15) is 13.2 Å². The van der Waals surface area contributed by atoms with Crippen molar-refractivity contribution in [3.63, 3.8) is 0 Å². The molecule has 0 radical (unpaired) electrons. The molecule has 0 atom stereocenters. The largest absolute Gasteiger partial charge is 0.416 e. The number of benzene rings is 1. The highest BCUT2D eigenvalue weighted by Crippen LogP contribution is 2.31. The van der Waals surface area contributed by atoms with Crippen molar-refractivity contribution in [3.8, 4) is 0 Å². The molecular weight excluding hydrogens is 333 g/mol. The van der Waals surface area contributed by atoms with E-state index in [4.69, 9.17) is 0 Å². The van der Waals surface area contributed by atoms with Gasteiger partial charge in [0.25, 0.3) is 0 Å². The van der Waals surface area contributed by atoms with E-state index in [1.807, 2.05) is 0 Å². The predicted molar refractivity (Wildman–Crippen MR) is 78.6 cm³/mol. The molecule has 0 spiro atoms. The van der Waals surface area contributed by atoms with Crippen LogP contribution >= 0.6 is 15.9 Å². The smallest absolute Gasteiger partial charge is 0.315 e. The summed E-state index contributed by atoms with van der Waals surface area (Å²) in [6, 6.07) is 3.70. The molecule has 0 saturated carbocycles. The van der Waals surface area contributed by atoms with E-state index >= 15 is 0 Å². The van der Waals surface area contributed by atoms with Gasteiger partial charge in [0.1, 0.15) is 0 Å². The molecular formula is C14H20BrF3N2. The maximum absolute atomic E-state index is 12.6. The molecule has 1 aromatic rings. The van der Waals surface area contributed by atoms with Crippen LogP contribution in [-0.4, -0.2) is 19.6 Å². The van der Waals surface area contributed by atoms with Gasteiger partial charge in [0.05, 0.1) is 5.56 Å². The van der Waals surface area contributed by atoms with Crippen LogP contribution < -0.4 is 10.6 Å². The summed E-state index contributed by atoms with van der Waals surface area (Å²) in [6.07, 6.45) is -4.30. The van der Waals surface area contributed by atoms with Crippen molar-refractivity contribution >= 4 is 15.9 Å². The molecule has 0 heterocycles. The molecule has 20 heavy (non-hydrogen) atoms. The van der Waals surface area contributed by atoms with Crippen LogP contribution in [0.1, 0.15) is 25.0 Å². The SMILES string of the molecule is CC(C)CNCCNCc1cc(C(F)(F)F)ccc1Br. The van der Waals surface area contributed by atoms with Gasteiger partial charge in [0, 0.05) is 24.1 Å². The van der Waals surface area contributed by atoms with Crippen LogP contribution in [0, 0.1) is 5.92 Å². The summed E-state index contributed by atoms with van der Waals surface area (Å²) in [7, 11) is 0. The summed E-state index contributed by atoms with van der Waals surface area (Å²) < 4.78 is 38.5. The van der Waals surface area contributed by atoms with Crippen molar-refractivity contribution in [2.45, 2.75) is 26.6 Å². The molecule has 0 fully saturated rings. The summed E-state index contributed by atoms with van der Waals surface area (Å²) in [5.74, 6) is 0.590. The summed E-state index contributed by atoms with van der Waals surface area (Å²) in [4.78, 5) is 0. The van der Waals surface area contributed by atoms with Gasteiger partial charge in [-0.1, -0.05) is 29.8 Å². The molecule has 0 amide bonds. The van der Waals surface area contributed by atoms with Crippen molar-refractivity contribution < 1.29 is 13.2 Å². The number of hydrogen-bond donors (Lipinski definition) is 2. The van der Waals surface area contributed by atoms with E-state index < -0.39 is 11.7 Å². The Hall–Kier alpha value is -0.590. The second-order valence-electron chi connectivity index (χ2n) is 5.08. The minimum atomic E-state index is -4.30. The summed E-state index contributed by atoms with van der Waals surface area (Å²) in [5.41, 5.74) is -0.000817. The standard InChI is InChI=1S/C14H20BrF3N2/c1-10(2)8-19-5-6-20-9-11-7-12(14(16,17)18)3-4-13(11)15/h3-4,7,10,19-20H,5-6,8-9H2,1-2H3. The Bertz CT molecular complexity index is 419. The zero-order chi connectivity index (χ0) is 15.2. The maximum Gasteiger partial charge on any atom is 0.416 e. The molecule has 0 aliphatic carbocycles. The molecule has 0 saturated heterocycles. The molecule has 2 N–H and O–H groups in total. The highest BCUT2D eigenvalue weighted by Gasteiger charge is 2.30. The lowest BCUT2D eigenvalue weighted by molar-refractivity contribution is -0.137. The van der Waals surface area contributed by atoms with Gasteiger partial charge in [-0.3, -0.25) is 0 Å². The lowest BCUT2D eigenvalue weighted by Gasteiger charge is -2.12. The topological polar surface area (TPSA) is 24.1 Å². The first kappa shape index (κ1) is 17.5. The number of nitrogens with one attached hydrogen (secondary N) is 2. The third-order valence-corrected chi connectivity index (χ3v) is 3.49. The van der Waals surface area contributed by atoms with Crippen LogP contribution in [0.4, 0.5) is 13.2 Å². The molecule has 1 aromatic carbocycles. The van der Waals surface area contributed by atoms with E-state index in [1.165, 1.54) is 12.1 Å². The van der Waals surface area contributed by atoms with Crippen LogP contribution in [0.5, 0.6) is 0 Å². The summed E-state index contributed by atoms with van der Waals surface area (Å²) in [6.45, 7) is 7.12. The van der Waals surface area contributed by atoms with Crippen molar-refractivity contribution in [1.29, 1.82) is 0 Å². The Morgan fingerprint density at radius 1 is 1.15 bits per heavy atom. The van der Waals surface area contributed by atoms with Gasteiger partial charge in [-0.2, -0.15) is 13.2 Å². The van der Waals surface area contributed by atoms with Crippen LogP contribution in [0.15, 0.2) is 22.7 Å². The Kier molecular flexibility index (Phi) is 6.99. The van der Waals surface area contributed by atoms with Gasteiger partial charge < -0.3 is 10.6 Å². The molecule has 6 heteroatoms. The molecule has 1 rings (SSSR count). The number of halogens is 4. The van der Waals surface area contributed by atoms with Gasteiger partial charge in [-0.05, 0) is 36.2 Å². The molecule has 0 aromatic heterocycles. The Morgan fingerprint density at radius 2 is 1.80 bits per heavy atom. The van der Waals surface area contributed by atoms with Gasteiger partial charge in [-0.15, -0.1) is 0 Å². The first-order valence-corrected chi connectivity index (χ1v) is 7.37. The van der Waals surface area contributed by atoms with Gasteiger partial charge in [-0.25, -0.2) is 0 Å². The number of rotatable bonds is 7. The second-order valence-corrected chi connectivity index (χ2v) is 5.93. The Morgan fingerprint density at radius 3 is 2.40 bits per heavy atom. The van der Waals surface area contributed by atoms with Gasteiger partial charge >= 0.3 is 6.18 Å². The fraction of sp³-hybridized carbons (Fsp3) is 0.571. The second kappa shape index (κ2) is 8.00. The summed E-state index contributed by atoms with van der Waals surface area (Å²) in [5, 5.41) is 6.40. The Balaban J connectivity index is 2.43. The van der Waals surface area contributed by atoms with Crippen molar-refractivity contribution in [1.82, 2.24) is 10.6 Å². The zero-order valence-corrected chi connectivity index (χ0v) is 13.2. The van der Waals surface area contributed by atoms with Gasteiger partial charge in [0.2, 0.25) is 0 Å².